The molecule has 24 heavy (non-hydrogen) atoms. The van der Waals surface area contributed by atoms with Gasteiger partial charge < -0.3 is 20.1 Å². The number of anilines is 2. The lowest BCUT2D eigenvalue weighted by Gasteiger charge is -2.11. The van der Waals surface area contributed by atoms with Crippen LogP contribution >= 0.6 is 0 Å². The zero-order valence-electron chi connectivity index (χ0n) is 14.3. The summed E-state index contributed by atoms with van der Waals surface area (Å²) in [6.07, 6.45) is 2.99. The van der Waals surface area contributed by atoms with E-state index < -0.39 is 0 Å². The molecule has 0 spiro atoms. The van der Waals surface area contributed by atoms with E-state index in [1.54, 1.807) is 31.5 Å². The number of methoxy groups -OCH3 is 2. The van der Waals surface area contributed by atoms with E-state index in [-0.39, 0.29) is 11.6 Å². The molecule has 0 saturated heterocycles. The lowest BCUT2D eigenvalue weighted by Crippen LogP contribution is -2.15. The van der Waals surface area contributed by atoms with Crippen LogP contribution in [0.25, 0.3) is 0 Å². The first-order valence-corrected chi connectivity index (χ1v) is 7.62. The van der Waals surface area contributed by atoms with Crippen LogP contribution in [0, 0.1) is 5.92 Å². The predicted molar refractivity (Wildman–Crippen MR) is 92.9 cm³/mol. The van der Waals surface area contributed by atoms with Crippen LogP contribution in [0.1, 0.15) is 24.3 Å². The fourth-order valence-corrected chi connectivity index (χ4v) is 1.95. The minimum absolute atomic E-state index is 0.236. The molecule has 2 rings (SSSR count). The number of benzene rings is 1. The van der Waals surface area contributed by atoms with Crippen molar-refractivity contribution in [3.63, 3.8) is 0 Å². The lowest BCUT2D eigenvalue weighted by molar-refractivity contribution is 0.102. The van der Waals surface area contributed by atoms with Crippen molar-refractivity contribution in [3.05, 3.63) is 36.3 Å². The van der Waals surface area contributed by atoms with Crippen molar-refractivity contribution in [3.8, 4) is 11.5 Å². The summed E-state index contributed by atoms with van der Waals surface area (Å²) in [5.74, 6) is 1.93. The average molecular weight is 330 g/mol. The third-order valence-electron chi connectivity index (χ3n) is 3.22. The molecule has 0 aliphatic rings. The number of nitrogens with zero attached hydrogens (tertiary/aromatic N) is 2. The Labute approximate surface area is 141 Å². The van der Waals surface area contributed by atoms with Gasteiger partial charge in [0.25, 0.3) is 5.91 Å². The monoisotopic (exact) mass is 330 g/mol. The maximum Gasteiger partial charge on any atom is 0.275 e. The van der Waals surface area contributed by atoms with Crippen molar-refractivity contribution in [2.45, 2.75) is 13.8 Å². The fourth-order valence-electron chi connectivity index (χ4n) is 1.95. The van der Waals surface area contributed by atoms with Gasteiger partial charge in [0.05, 0.1) is 26.6 Å². The van der Waals surface area contributed by atoms with E-state index in [2.05, 4.69) is 34.4 Å². The average Bonchev–Trinajstić information content (AvgIpc) is 2.60. The molecule has 1 aromatic heterocycles. The summed E-state index contributed by atoms with van der Waals surface area (Å²) in [5, 5.41) is 5.91. The molecule has 0 aliphatic heterocycles. The van der Waals surface area contributed by atoms with Gasteiger partial charge in [-0.3, -0.25) is 4.79 Å². The Bertz CT molecular complexity index is 687. The van der Waals surface area contributed by atoms with Gasteiger partial charge in [-0.25, -0.2) is 9.97 Å². The molecule has 1 heterocycles. The van der Waals surface area contributed by atoms with Gasteiger partial charge in [0.1, 0.15) is 11.5 Å². The van der Waals surface area contributed by atoms with E-state index in [9.17, 15) is 4.79 Å². The van der Waals surface area contributed by atoms with Crippen LogP contribution in [0.2, 0.25) is 0 Å². The quantitative estimate of drug-likeness (QED) is 0.812. The van der Waals surface area contributed by atoms with Crippen LogP contribution in [-0.4, -0.2) is 36.6 Å². The van der Waals surface area contributed by atoms with Gasteiger partial charge in [0, 0.05) is 18.3 Å². The molecule has 128 valence electrons. The normalized spacial score (nSPS) is 10.4. The number of carbonyl (C=O) groups is 1. The van der Waals surface area contributed by atoms with Crippen LogP contribution in [0.15, 0.2) is 30.6 Å². The van der Waals surface area contributed by atoms with Crippen LogP contribution in [-0.2, 0) is 0 Å². The first kappa shape index (κ1) is 17.5. The smallest absolute Gasteiger partial charge is 0.275 e. The molecular formula is C17H22N4O3. The zero-order valence-corrected chi connectivity index (χ0v) is 14.3. The van der Waals surface area contributed by atoms with Crippen LogP contribution in [0.4, 0.5) is 11.5 Å². The zero-order chi connectivity index (χ0) is 17.5. The first-order valence-electron chi connectivity index (χ1n) is 7.62. The van der Waals surface area contributed by atoms with E-state index in [0.717, 1.165) is 6.54 Å². The highest BCUT2D eigenvalue weighted by molar-refractivity contribution is 6.02. The highest BCUT2D eigenvalue weighted by Crippen LogP contribution is 2.29. The van der Waals surface area contributed by atoms with Gasteiger partial charge in [-0.1, -0.05) is 13.8 Å². The van der Waals surface area contributed by atoms with Crippen molar-refractivity contribution in [2.75, 3.05) is 31.4 Å². The molecule has 0 atom stereocenters. The molecule has 0 fully saturated rings. The van der Waals surface area contributed by atoms with Crippen molar-refractivity contribution in [1.29, 1.82) is 0 Å². The highest BCUT2D eigenvalue weighted by Gasteiger charge is 2.11. The number of aromatic nitrogens is 2. The standard InChI is InChI=1S/C17H22N4O3/c1-11(2)8-19-16-10-18-13(9-20-16)17(22)21-12-5-6-14(23-3)15(7-12)24-4/h5-7,9-11H,8H2,1-4H3,(H,19,20)(H,21,22). The third-order valence-corrected chi connectivity index (χ3v) is 3.22. The Hall–Kier alpha value is -2.83. The Kier molecular flexibility index (Phi) is 5.95. The molecule has 7 heteroatoms. The maximum atomic E-state index is 12.2. The first-order chi connectivity index (χ1) is 11.5. The Morgan fingerprint density at radius 3 is 2.46 bits per heavy atom. The second kappa shape index (κ2) is 8.14. The van der Waals surface area contributed by atoms with Crippen molar-refractivity contribution < 1.29 is 14.3 Å². The molecule has 0 bridgehead atoms. The second-order valence-corrected chi connectivity index (χ2v) is 5.59. The summed E-state index contributed by atoms with van der Waals surface area (Å²) in [6, 6.07) is 5.13. The van der Waals surface area contributed by atoms with E-state index in [0.29, 0.717) is 28.9 Å². The predicted octanol–water partition coefficient (Wildman–Crippen LogP) is 2.81. The summed E-state index contributed by atoms with van der Waals surface area (Å²) >= 11 is 0. The summed E-state index contributed by atoms with van der Waals surface area (Å²) < 4.78 is 10.4. The molecule has 0 unspecified atom stereocenters. The molecule has 1 amide bonds. The van der Waals surface area contributed by atoms with Gasteiger partial charge in [-0.15, -0.1) is 0 Å². The molecule has 2 aromatic rings. The SMILES string of the molecule is COc1ccc(NC(=O)c2cnc(NCC(C)C)cn2)cc1OC. The van der Waals surface area contributed by atoms with E-state index in [1.807, 2.05) is 0 Å². The minimum Gasteiger partial charge on any atom is -0.493 e. The largest absolute Gasteiger partial charge is 0.493 e. The molecule has 7 nitrogen and oxygen atoms in total. The minimum atomic E-state index is -0.342. The number of hydrogen-bond acceptors (Lipinski definition) is 6. The van der Waals surface area contributed by atoms with Gasteiger partial charge in [-0.05, 0) is 18.1 Å². The highest BCUT2D eigenvalue weighted by atomic mass is 16.5. The van der Waals surface area contributed by atoms with E-state index in [4.69, 9.17) is 9.47 Å². The second-order valence-electron chi connectivity index (χ2n) is 5.59. The van der Waals surface area contributed by atoms with E-state index in [1.165, 1.54) is 13.3 Å². The van der Waals surface area contributed by atoms with Gasteiger partial charge in [0.2, 0.25) is 0 Å². The molecule has 0 saturated carbocycles. The Morgan fingerprint density at radius 1 is 1.12 bits per heavy atom. The Balaban J connectivity index is 2.04. The van der Waals surface area contributed by atoms with Crippen LogP contribution in [0.3, 0.4) is 0 Å². The van der Waals surface area contributed by atoms with Crippen LogP contribution < -0.4 is 20.1 Å². The number of amides is 1. The van der Waals surface area contributed by atoms with Gasteiger partial charge >= 0.3 is 0 Å². The Morgan fingerprint density at radius 2 is 1.88 bits per heavy atom. The molecule has 0 radical (unpaired) electrons. The van der Waals surface area contributed by atoms with Gasteiger partial charge in [-0.2, -0.15) is 0 Å². The molecule has 0 aliphatic carbocycles. The fraction of sp³-hybridized carbons (Fsp3) is 0.353. The number of ether oxygens (including phenoxy) is 2. The maximum absolute atomic E-state index is 12.2. The molecule has 2 N–H and O–H groups in total. The third kappa shape index (κ3) is 4.58. The number of rotatable bonds is 7. The topological polar surface area (TPSA) is 85.4 Å². The summed E-state index contributed by atoms with van der Waals surface area (Å²) in [6.45, 7) is 5.00. The molecule has 1 aromatic carbocycles. The molecular weight excluding hydrogens is 308 g/mol. The number of hydrogen-bond donors (Lipinski definition) is 2. The number of nitrogens with one attached hydrogen (secondary N) is 2. The summed E-state index contributed by atoms with van der Waals surface area (Å²) in [5.41, 5.74) is 0.821. The summed E-state index contributed by atoms with van der Waals surface area (Å²) in [7, 11) is 3.10. The lowest BCUT2D eigenvalue weighted by atomic mass is 10.2. The van der Waals surface area contributed by atoms with Crippen molar-refractivity contribution in [1.82, 2.24) is 9.97 Å². The number of carbonyl (C=O) groups excluding carboxylic acids is 1. The summed E-state index contributed by atoms with van der Waals surface area (Å²) in [4.78, 5) is 20.6. The van der Waals surface area contributed by atoms with Gasteiger partial charge in [0.15, 0.2) is 11.5 Å². The van der Waals surface area contributed by atoms with Crippen LogP contribution in [0.5, 0.6) is 11.5 Å². The van der Waals surface area contributed by atoms with E-state index >= 15 is 0 Å². The van der Waals surface area contributed by atoms with Crippen molar-refractivity contribution in [2.24, 2.45) is 5.92 Å². The van der Waals surface area contributed by atoms with Crippen molar-refractivity contribution >= 4 is 17.4 Å².